The van der Waals surface area contributed by atoms with Crippen LogP contribution in [-0.2, 0) is 10.8 Å². The molecule has 1 aliphatic heterocycles. The summed E-state index contributed by atoms with van der Waals surface area (Å²) in [5.74, 6) is 1.82. The number of rotatable bonds is 2. The van der Waals surface area contributed by atoms with E-state index in [4.69, 9.17) is 4.74 Å². The third-order valence-electron chi connectivity index (χ3n) is 10.4. The molecule has 45 heavy (non-hydrogen) atoms. The highest BCUT2D eigenvalue weighted by Crippen LogP contribution is 2.63. The van der Waals surface area contributed by atoms with E-state index in [1.807, 2.05) is 0 Å². The lowest BCUT2D eigenvalue weighted by molar-refractivity contribution is 0.435. The molecule has 10 rings (SSSR count). The molecule has 0 radical (unpaired) electrons. The number of hydrogen-bond donors (Lipinski definition) is 0. The number of ether oxygens (including phenoxy) is 1. The van der Waals surface area contributed by atoms with Crippen LogP contribution in [0.25, 0.3) is 22.3 Å². The van der Waals surface area contributed by atoms with Gasteiger partial charge < -0.3 is 4.74 Å². The molecule has 0 amide bonds. The predicted octanol–water partition coefficient (Wildman–Crippen LogP) is 10.5. The fourth-order valence-electron chi connectivity index (χ4n) is 8.80. The van der Waals surface area contributed by atoms with Crippen molar-refractivity contribution >= 4 is 0 Å². The van der Waals surface area contributed by atoms with Crippen molar-refractivity contribution in [2.45, 2.75) is 10.8 Å². The minimum atomic E-state index is -0.511. The fourth-order valence-corrected chi connectivity index (χ4v) is 8.80. The molecule has 0 saturated carbocycles. The lowest BCUT2D eigenvalue weighted by Crippen LogP contribution is -2.34. The lowest BCUT2D eigenvalue weighted by atomic mass is 9.63. The zero-order valence-corrected chi connectivity index (χ0v) is 24.6. The van der Waals surface area contributed by atoms with E-state index in [0.29, 0.717) is 0 Å². The second-order valence-corrected chi connectivity index (χ2v) is 12.4. The van der Waals surface area contributed by atoms with Crippen LogP contribution in [0.1, 0.15) is 44.5 Å². The lowest BCUT2D eigenvalue weighted by Gasteiger charge is -2.41. The Morgan fingerprint density at radius 1 is 0.289 bits per heavy atom. The predicted molar refractivity (Wildman–Crippen MR) is 181 cm³/mol. The van der Waals surface area contributed by atoms with Crippen molar-refractivity contribution in [2.24, 2.45) is 0 Å². The average molecular weight is 573 g/mol. The quantitative estimate of drug-likeness (QED) is 0.200. The van der Waals surface area contributed by atoms with E-state index in [-0.39, 0.29) is 0 Å². The second kappa shape index (κ2) is 8.94. The van der Waals surface area contributed by atoms with Crippen LogP contribution in [0, 0.1) is 0 Å². The molecule has 3 aliphatic rings. The second-order valence-electron chi connectivity index (χ2n) is 12.4. The Bertz CT molecular complexity index is 2220. The molecule has 1 nitrogen and oxygen atoms in total. The Balaban J connectivity index is 1.36. The smallest absolute Gasteiger partial charge is 0.132 e. The van der Waals surface area contributed by atoms with Crippen LogP contribution in [0.5, 0.6) is 11.5 Å². The molecule has 0 bridgehead atoms. The Labute approximate surface area is 263 Å². The normalized spacial score (nSPS) is 15.2. The van der Waals surface area contributed by atoms with Gasteiger partial charge in [0.2, 0.25) is 0 Å². The molecular formula is C44H28O. The van der Waals surface area contributed by atoms with E-state index < -0.39 is 10.8 Å². The molecule has 0 atom stereocenters. The Morgan fingerprint density at radius 3 is 1.27 bits per heavy atom. The number of benzene rings is 7. The molecule has 0 N–H and O–H groups in total. The Morgan fingerprint density at radius 2 is 0.711 bits per heavy atom. The standard InChI is InChI=1S/C44H28O/c1-2-14-29(15-3-1)43(35-20-8-4-16-31(35)32-17-5-9-21-36(32)43)30-26-27-42-40(28-30)44(39-24-12-13-25-41(39)45-42)37-22-10-6-18-33(37)34-19-7-11-23-38(34)44/h1-28H. The highest BCUT2D eigenvalue weighted by atomic mass is 16.5. The first kappa shape index (κ1) is 24.7. The van der Waals surface area contributed by atoms with Gasteiger partial charge in [0.15, 0.2) is 0 Å². The highest BCUT2D eigenvalue weighted by molar-refractivity contribution is 5.90. The van der Waals surface area contributed by atoms with Gasteiger partial charge in [0.05, 0.1) is 10.8 Å². The summed E-state index contributed by atoms with van der Waals surface area (Å²) in [4.78, 5) is 0. The van der Waals surface area contributed by atoms with Gasteiger partial charge in [-0.05, 0) is 73.8 Å². The molecule has 0 unspecified atom stereocenters. The largest absolute Gasteiger partial charge is 0.457 e. The van der Waals surface area contributed by atoms with E-state index in [2.05, 4.69) is 170 Å². The van der Waals surface area contributed by atoms with Crippen LogP contribution in [0.15, 0.2) is 170 Å². The molecule has 0 aromatic heterocycles. The maximum absolute atomic E-state index is 6.79. The Hall–Kier alpha value is -5.66. The molecule has 7 aromatic rings. The SMILES string of the molecule is c1ccc(C2(c3ccc4c(c3)C3(c5ccccc5O4)c4ccccc4-c4ccccc43)c3ccccc3-c3ccccc32)cc1. The summed E-state index contributed by atoms with van der Waals surface area (Å²) in [6, 6.07) is 62.4. The first-order valence-electron chi connectivity index (χ1n) is 15.7. The number of fused-ring (bicyclic) bond motifs is 12. The average Bonchev–Trinajstić information content (AvgIpc) is 3.58. The van der Waals surface area contributed by atoms with Gasteiger partial charge in [-0.1, -0.05) is 152 Å². The summed E-state index contributed by atoms with van der Waals surface area (Å²) in [6.07, 6.45) is 0. The van der Waals surface area contributed by atoms with Crippen LogP contribution < -0.4 is 4.74 Å². The van der Waals surface area contributed by atoms with Gasteiger partial charge in [0.25, 0.3) is 0 Å². The van der Waals surface area contributed by atoms with Crippen LogP contribution in [0.2, 0.25) is 0 Å². The van der Waals surface area contributed by atoms with Gasteiger partial charge in [-0.25, -0.2) is 0 Å². The monoisotopic (exact) mass is 572 g/mol. The third-order valence-corrected chi connectivity index (χ3v) is 10.4. The third kappa shape index (κ3) is 2.98. The van der Waals surface area contributed by atoms with Crippen LogP contribution in [0.3, 0.4) is 0 Å². The van der Waals surface area contributed by atoms with E-state index >= 15 is 0 Å². The molecule has 1 heteroatoms. The zero-order valence-electron chi connectivity index (χ0n) is 24.6. The topological polar surface area (TPSA) is 9.23 Å². The summed E-state index contributed by atoms with van der Waals surface area (Å²) in [5.41, 5.74) is 14.3. The van der Waals surface area contributed by atoms with E-state index in [1.54, 1.807) is 0 Å². The van der Waals surface area contributed by atoms with Crippen LogP contribution in [0.4, 0.5) is 0 Å². The molecule has 1 heterocycles. The highest BCUT2D eigenvalue weighted by Gasteiger charge is 2.52. The van der Waals surface area contributed by atoms with Crippen molar-refractivity contribution in [1.82, 2.24) is 0 Å². The molecule has 2 aliphatic carbocycles. The Kier molecular flexibility index (Phi) is 4.91. The van der Waals surface area contributed by atoms with Gasteiger partial charge in [-0.2, -0.15) is 0 Å². The van der Waals surface area contributed by atoms with Gasteiger partial charge in [-0.15, -0.1) is 0 Å². The maximum atomic E-state index is 6.79. The summed E-state index contributed by atoms with van der Waals surface area (Å²) in [6.45, 7) is 0. The minimum absolute atomic E-state index is 0.487. The summed E-state index contributed by atoms with van der Waals surface area (Å²) >= 11 is 0. The molecule has 1 spiro atoms. The van der Waals surface area contributed by atoms with Crippen molar-refractivity contribution in [3.05, 3.63) is 214 Å². The van der Waals surface area contributed by atoms with E-state index in [9.17, 15) is 0 Å². The van der Waals surface area contributed by atoms with Crippen molar-refractivity contribution < 1.29 is 4.74 Å². The summed E-state index contributed by atoms with van der Waals surface area (Å²) in [5, 5.41) is 0. The van der Waals surface area contributed by atoms with Crippen LogP contribution in [-0.4, -0.2) is 0 Å². The summed E-state index contributed by atoms with van der Waals surface area (Å²) in [7, 11) is 0. The first-order valence-corrected chi connectivity index (χ1v) is 15.7. The minimum Gasteiger partial charge on any atom is -0.457 e. The van der Waals surface area contributed by atoms with Crippen molar-refractivity contribution in [3.8, 4) is 33.8 Å². The number of para-hydroxylation sites is 1. The maximum Gasteiger partial charge on any atom is 0.132 e. The molecule has 0 saturated heterocycles. The molecule has 0 fully saturated rings. The van der Waals surface area contributed by atoms with Gasteiger partial charge in [0, 0.05) is 11.1 Å². The van der Waals surface area contributed by atoms with Gasteiger partial charge >= 0.3 is 0 Å². The van der Waals surface area contributed by atoms with Crippen molar-refractivity contribution in [2.75, 3.05) is 0 Å². The zero-order chi connectivity index (χ0) is 29.6. The number of hydrogen-bond acceptors (Lipinski definition) is 1. The van der Waals surface area contributed by atoms with Gasteiger partial charge in [0.1, 0.15) is 11.5 Å². The van der Waals surface area contributed by atoms with E-state index in [0.717, 1.165) is 11.5 Å². The summed E-state index contributed by atoms with van der Waals surface area (Å²) < 4.78 is 6.79. The van der Waals surface area contributed by atoms with Crippen LogP contribution >= 0.6 is 0 Å². The molecule has 7 aromatic carbocycles. The molecule has 210 valence electrons. The van der Waals surface area contributed by atoms with Crippen molar-refractivity contribution in [3.63, 3.8) is 0 Å². The first-order chi connectivity index (χ1) is 22.3. The van der Waals surface area contributed by atoms with Crippen molar-refractivity contribution in [1.29, 1.82) is 0 Å². The van der Waals surface area contributed by atoms with Gasteiger partial charge in [-0.3, -0.25) is 0 Å². The molecular weight excluding hydrogens is 544 g/mol. The fraction of sp³-hybridized carbons (Fsp3) is 0.0455. The van der Waals surface area contributed by atoms with E-state index in [1.165, 1.54) is 66.8 Å².